The van der Waals surface area contributed by atoms with E-state index in [0.29, 0.717) is 5.56 Å². The molecule has 0 radical (unpaired) electrons. The van der Waals surface area contributed by atoms with Crippen molar-refractivity contribution < 1.29 is 14.8 Å². The molecule has 0 aliphatic rings. The highest BCUT2D eigenvalue weighted by molar-refractivity contribution is 6.58. The van der Waals surface area contributed by atoms with Gasteiger partial charge in [-0.05, 0) is 13.0 Å². The van der Waals surface area contributed by atoms with Crippen LogP contribution in [0.15, 0.2) is 12.1 Å². The van der Waals surface area contributed by atoms with Crippen LogP contribution in [0.3, 0.4) is 0 Å². The Kier molecular flexibility index (Phi) is 2.49. The molecule has 1 aromatic carbocycles. The third-order valence-corrected chi connectivity index (χ3v) is 1.43. The molecule has 0 aliphatic heterocycles. The van der Waals surface area contributed by atoms with Crippen molar-refractivity contribution in [1.82, 2.24) is 0 Å². The van der Waals surface area contributed by atoms with Crippen molar-refractivity contribution in [3.05, 3.63) is 29.8 Å². The Morgan fingerprint density at radius 3 is 2.42 bits per heavy atom. The molecular formula is C8H7BO3. The Hall–Kier alpha value is -1.31. The fourth-order valence-electron chi connectivity index (χ4n) is 0.752. The second kappa shape index (κ2) is 3.39. The highest BCUT2D eigenvalue weighted by Gasteiger charge is 2.09. The van der Waals surface area contributed by atoms with Crippen molar-refractivity contribution >= 4 is 18.4 Å². The molecule has 0 atom stereocenters. The van der Waals surface area contributed by atoms with Crippen LogP contribution in [0.1, 0.15) is 17.3 Å². The Balaban J connectivity index is 2.93. The van der Waals surface area contributed by atoms with Crippen molar-refractivity contribution in [2.75, 3.05) is 0 Å². The van der Waals surface area contributed by atoms with E-state index in [0.717, 1.165) is 0 Å². The normalized spacial score (nSPS) is 8.92. The zero-order valence-electron chi connectivity index (χ0n) is 6.53. The maximum atomic E-state index is 10.8. The van der Waals surface area contributed by atoms with Crippen LogP contribution in [-0.2, 0) is 0 Å². The molecular weight excluding hydrogens is 155 g/mol. The Labute approximate surface area is 70.8 Å². The van der Waals surface area contributed by atoms with Crippen LogP contribution in [0.25, 0.3) is 0 Å². The molecule has 4 heteroatoms. The topological polar surface area (TPSA) is 57.5 Å². The van der Waals surface area contributed by atoms with E-state index in [1.54, 1.807) is 0 Å². The van der Waals surface area contributed by atoms with Gasteiger partial charge in [0.15, 0.2) is 5.78 Å². The molecule has 0 unspecified atom stereocenters. The van der Waals surface area contributed by atoms with E-state index in [9.17, 15) is 4.79 Å². The van der Waals surface area contributed by atoms with Gasteiger partial charge in [-0.25, -0.2) is 0 Å². The van der Waals surface area contributed by atoms with Crippen LogP contribution < -0.4 is 5.46 Å². The van der Waals surface area contributed by atoms with Gasteiger partial charge in [0, 0.05) is 5.46 Å². The summed E-state index contributed by atoms with van der Waals surface area (Å²) in [5.74, 6) is -0.120. The molecule has 0 amide bonds. The highest BCUT2D eigenvalue weighted by atomic mass is 16.4. The maximum Gasteiger partial charge on any atom is 0.497 e. The summed E-state index contributed by atoms with van der Waals surface area (Å²) in [5, 5.41) is 17.3. The number of ketones is 1. The molecule has 0 heterocycles. The van der Waals surface area contributed by atoms with Crippen molar-refractivity contribution in [3.8, 4) is 0 Å². The summed E-state index contributed by atoms with van der Waals surface area (Å²) in [5.41, 5.74) is 0.597. The number of hydrogen-bond donors (Lipinski definition) is 2. The van der Waals surface area contributed by atoms with Crippen molar-refractivity contribution in [2.45, 2.75) is 6.92 Å². The largest absolute Gasteiger partial charge is 0.497 e. The van der Waals surface area contributed by atoms with E-state index in [4.69, 9.17) is 10.0 Å². The molecule has 0 aliphatic carbocycles. The molecule has 0 saturated carbocycles. The van der Waals surface area contributed by atoms with Crippen LogP contribution in [0, 0.1) is 12.1 Å². The van der Waals surface area contributed by atoms with E-state index in [1.165, 1.54) is 19.1 Å². The van der Waals surface area contributed by atoms with Crippen LogP contribution >= 0.6 is 0 Å². The van der Waals surface area contributed by atoms with Crippen LogP contribution in [-0.4, -0.2) is 22.9 Å². The minimum atomic E-state index is -1.55. The molecule has 1 aromatic rings. The SMILES string of the molecule is CC(=O)c1c#cc(B(O)O)cc1. The number of carbonyl (C=O) groups excluding carboxylic acids is 1. The number of hydrogen-bond acceptors (Lipinski definition) is 3. The first-order valence-corrected chi connectivity index (χ1v) is 3.42. The lowest BCUT2D eigenvalue weighted by Crippen LogP contribution is -2.28. The monoisotopic (exact) mass is 162 g/mol. The van der Waals surface area contributed by atoms with E-state index >= 15 is 0 Å². The summed E-state index contributed by atoms with van der Waals surface area (Å²) in [6, 6.07) is 7.90. The van der Waals surface area contributed by atoms with Crippen LogP contribution in [0.2, 0.25) is 0 Å². The quantitative estimate of drug-likeness (QED) is 0.440. The smallest absolute Gasteiger partial charge is 0.423 e. The number of carbonyl (C=O) groups is 1. The summed E-state index contributed by atoms with van der Waals surface area (Å²) in [4.78, 5) is 10.8. The van der Waals surface area contributed by atoms with Crippen molar-refractivity contribution in [3.63, 3.8) is 0 Å². The van der Waals surface area contributed by atoms with Gasteiger partial charge in [0.05, 0.1) is 5.56 Å². The third-order valence-electron chi connectivity index (χ3n) is 1.43. The Bertz CT molecular complexity index is 279. The summed E-state index contributed by atoms with van der Waals surface area (Å²) < 4.78 is 0. The predicted molar refractivity (Wildman–Crippen MR) is 43.9 cm³/mol. The summed E-state index contributed by atoms with van der Waals surface area (Å²) in [6.45, 7) is 1.41. The van der Waals surface area contributed by atoms with Gasteiger partial charge in [-0.2, -0.15) is 0 Å². The molecule has 0 aromatic heterocycles. The second-order valence-corrected chi connectivity index (χ2v) is 2.38. The lowest BCUT2D eigenvalue weighted by atomic mass is 9.81. The zero-order valence-corrected chi connectivity index (χ0v) is 6.53. The van der Waals surface area contributed by atoms with Gasteiger partial charge in [0.1, 0.15) is 0 Å². The molecule has 2 N–H and O–H groups in total. The lowest BCUT2D eigenvalue weighted by molar-refractivity contribution is 0.101. The zero-order chi connectivity index (χ0) is 9.14. The molecule has 60 valence electrons. The predicted octanol–water partition coefficient (Wildman–Crippen LogP) is -0.831. The first-order valence-electron chi connectivity index (χ1n) is 3.42. The van der Waals surface area contributed by atoms with E-state index in [2.05, 4.69) is 12.1 Å². The standard InChI is InChI=1S/C8H7BO3/c1-6(10)7-2-4-8(5-3-7)9(11)12/h2,4,11-12H,1H3. The number of rotatable bonds is 2. The average Bonchev–Trinajstić information content (AvgIpc) is 2.04. The molecule has 12 heavy (non-hydrogen) atoms. The first-order chi connectivity index (χ1) is 5.61. The summed E-state index contributed by atoms with van der Waals surface area (Å²) in [6.07, 6.45) is 0. The van der Waals surface area contributed by atoms with E-state index < -0.39 is 7.12 Å². The minimum Gasteiger partial charge on any atom is -0.423 e. The van der Waals surface area contributed by atoms with Gasteiger partial charge in [0.2, 0.25) is 0 Å². The molecule has 3 nitrogen and oxygen atoms in total. The summed E-state index contributed by atoms with van der Waals surface area (Å²) in [7, 11) is -1.55. The molecule has 1 rings (SSSR count). The van der Waals surface area contributed by atoms with Gasteiger partial charge in [-0.3, -0.25) is 4.79 Å². The molecule has 0 bridgehead atoms. The fraction of sp³-hybridized carbons (Fsp3) is 0.125. The third kappa shape index (κ3) is 1.85. The first kappa shape index (κ1) is 8.79. The number of Topliss-reactive ketones (excluding diaryl/α,β-unsaturated/α-hetero) is 1. The molecule has 0 fully saturated rings. The Morgan fingerprint density at radius 2 is 2.08 bits per heavy atom. The molecule has 0 saturated heterocycles. The minimum absolute atomic E-state index is 0.120. The van der Waals surface area contributed by atoms with Gasteiger partial charge >= 0.3 is 7.12 Å². The average molecular weight is 162 g/mol. The fourth-order valence-corrected chi connectivity index (χ4v) is 0.752. The van der Waals surface area contributed by atoms with Gasteiger partial charge in [-0.15, -0.1) is 0 Å². The lowest BCUT2D eigenvalue weighted by Gasteiger charge is -1.94. The second-order valence-electron chi connectivity index (χ2n) is 2.38. The van der Waals surface area contributed by atoms with E-state index in [1.807, 2.05) is 0 Å². The van der Waals surface area contributed by atoms with Crippen LogP contribution in [0.4, 0.5) is 0 Å². The molecule has 0 spiro atoms. The van der Waals surface area contributed by atoms with Gasteiger partial charge in [-0.1, -0.05) is 18.2 Å². The van der Waals surface area contributed by atoms with Gasteiger partial charge in [0.25, 0.3) is 0 Å². The maximum absolute atomic E-state index is 10.8. The Morgan fingerprint density at radius 1 is 1.42 bits per heavy atom. The van der Waals surface area contributed by atoms with Crippen molar-refractivity contribution in [2.24, 2.45) is 0 Å². The van der Waals surface area contributed by atoms with E-state index in [-0.39, 0.29) is 11.2 Å². The van der Waals surface area contributed by atoms with Crippen LogP contribution in [0.5, 0.6) is 0 Å². The highest BCUT2D eigenvalue weighted by Crippen LogP contribution is 1.92. The summed E-state index contributed by atoms with van der Waals surface area (Å²) >= 11 is 0. The van der Waals surface area contributed by atoms with Crippen molar-refractivity contribution in [1.29, 1.82) is 0 Å². The van der Waals surface area contributed by atoms with Gasteiger partial charge < -0.3 is 10.0 Å².